The molecule has 0 radical (unpaired) electrons. The summed E-state index contributed by atoms with van der Waals surface area (Å²) in [6.07, 6.45) is -0.199. The minimum Gasteiger partial charge on any atom is -0.391 e. The molecule has 6 heteroatoms. The Hall–Kier alpha value is -1.92. The van der Waals surface area contributed by atoms with Crippen molar-refractivity contribution in [1.29, 1.82) is 0 Å². The van der Waals surface area contributed by atoms with E-state index in [9.17, 15) is 14.7 Å². The van der Waals surface area contributed by atoms with E-state index in [-0.39, 0.29) is 18.4 Å². The second kappa shape index (κ2) is 8.39. The fourth-order valence-electron chi connectivity index (χ4n) is 1.85. The number of carbonyl (C=O) groups is 2. The maximum atomic E-state index is 12.2. The predicted molar refractivity (Wildman–Crippen MR) is 80.4 cm³/mol. The van der Waals surface area contributed by atoms with Crippen LogP contribution < -0.4 is 10.2 Å². The van der Waals surface area contributed by atoms with Gasteiger partial charge < -0.3 is 20.1 Å². The first-order valence-corrected chi connectivity index (χ1v) is 6.76. The number of nitrogens with zero attached hydrogens (tertiary/aromatic N) is 1. The third-order valence-electron chi connectivity index (χ3n) is 3.10. The first-order chi connectivity index (χ1) is 9.97. The average molecular weight is 294 g/mol. The number of nitrogens with one attached hydrogen (secondary N) is 1. The van der Waals surface area contributed by atoms with E-state index < -0.39 is 6.10 Å². The number of aliphatic hydroxyl groups is 1. The van der Waals surface area contributed by atoms with Crippen LogP contribution in [0.1, 0.15) is 23.7 Å². The molecule has 2 N–H and O–H groups in total. The molecule has 0 bridgehead atoms. The van der Waals surface area contributed by atoms with Gasteiger partial charge in [-0.1, -0.05) is 12.1 Å². The zero-order valence-corrected chi connectivity index (χ0v) is 12.6. The minimum absolute atomic E-state index is 0.147. The molecule has 0 spiro atoms. The van der Waals surface area contributed by atoms with Crippen molar-refractivity contribution in [3.8, 4) is 0 Å². The molecule has 1 aromatic rings. The summed E-state index contributed by atoms with van der Waals surface area (Å²) in [5.41, 5.74) is 0.983. The first kappa shape index (κ1) is 17.1. The molecule has 0 heterocycles. The number of carbonyl (C=O) groups excluding carboxylic acids is 2. The van der Waals surface area contributed by atoms with Crippen molar-refractivity contribution >= 4 is 17.5 Å². The molecular weight excluding hydrogens is 272 g/mol. The number of hydrogen-bond donors (Lipinski definition) is 2. The van der Waals surface area contributed by atoms with Gasteiger partial charge in [-0.15, -0.1) is 0 Å². The van der Waals surface area contributed by atoms with Gasteiger partial charge in [0.15, 0.2) is 0 Å². The Morgan fingerprint density at radius 2 is 2.05 bits per heavy atom. The van der Waals surface area contributed by atoms with Crippen LogP contribution in [0, 0.1) is 0 Å². The Morgan fingerprint density at radius 3 is 2.67 bits per heavy atom. The molecule has 0 aliphatic carbocycles. The highest BCUT2D eigenvalue weighted by Crippen LogP contribution is 2.19. The minimum atomic E-state index is -0.606. The van der Waals surface area contributed by atoms with Crippen LogP contribution in [0.15, 0.2) is 24.3 Å². The van der Waals surface area contributed by atoms with E-state index in [1.807, 2.05) is 0 Å². The molecule has 2 amide bonds. The van der Waals surface area contributed by atoms with Crippen LogP contribution in [0.4, 0.5) is 5.69 Å². The summed E-state index contributed by atoms with van der Waals surface area (Å²) in [5.74, 6) is -0.422. The van der Waals surface area contributed by atoms with E-state index in [4.69, 9.17) is 4.74 Å². The molecule has 1 aromatic carbocycles. The molecule has 1 rings (SSSR count). The second-order valence-corrected chi connectivity index (χ2v) is 4.75. The molecule has 0 saturated heterocycles. The van der Waals surface area contributed by atoms with E-state index >= 15 is 0 Å². The van der Waals surface area contributed by atoms with Gasteiger partial charge in [-0.3, -0.25) is 9.59 Å². The molecule has 1 atom stereocenters. The van der Waals surface area contributed by atoms with Gasteiger partial charge in [0, 0.05) is 27.6 Å². The summed E-state index contributed by atoms with van der Waals surface area (Å²) in [7, 11) is 3.13. The largest absolute Gasteiger partial charge is 0.391 e. The molecule has 0 fully saturated rings. The highest BCUT2D eigenvalue weighted by atomic mass is 16.5. The molecule has 6 nitrogen and oxygen atoms in total. The number of ether oxygens (including phenoxy) is 1. The van der Waals surface area contributed by atoms with Gasteiger partial charge >= 0.3 is 0 Å². The summed E-state index contributed by atoms with van der Waals surface area (Å²) in [5, 5.41) is 12.2. The lowest BCUT2D eigenvalue weighted by Crippen LogP contribution is -2.31. The first-order valence-electron chi connectivity index (χ1n) is 6.76. The fourth-order valence-corrected chi connectivity index (χ4v) is 1.85. The van der Waals surface area contributed by atoms with E-state index in [2.05, 4.69) is 5.32 Å². The molecule has 21 heavy (non-hydrogen) atoms. The highest BCUT2D eigenvalue weighted by Gasteiger charge is 2.16. The van der Waals surface area contributed by atoms with Crippen molar-refractivity contribution in [1.82, 2.24) is 5.32 Å². The number of hydrogen-bond acceptors (Lipinski definition) is 4. The average Bonchev–Trinajstić information content (AvgIpc) is 2.46. The molecule has 0 aliphatic heterocycles. The van der Waals surface area contributed by atoms with E-state index in [0.717, 1.165) is 0 Å². The van der Waals surface area contributed by atoms with Gasteiger partial charge in [-0.05, 0) is 18.6 Å². The van der Waals surface area contributed by atoms with Crippen LogP contribution >= 0.6 is 0 Å². The van der Waals surface area contributed by atoms with Crippen LogP contribution in [0.5, 0.6) is 0 Å². The Morgan fingerprint density at radius 1 is 1.38 bits per heavy atom. The third kappa shape index (κ3) is 5.17. The number of anilines is 1. The number of methoxy groups -OCH3 is 1. The molecule has 0 saturated carbocycles. The van der Waals surface area contributed by atoms with Crippen LogP contribution in [0.25, 0.3) is 0 Å². The SMILES string of the molecule is COCC(O)CCNC(=O)c1ccccc1N(C)C(C)=O. The molecule has 0 aromatic heterocycles. The van der Waals surface area contributed by atoms with Crippen LogP contribution in [0.3, 0.4) is 0 Å². The topological polar surface area (TPSA) is 78.9 Å². The van der Waals surface area contributed by atoms with E-state index in [1.54, 1.807) is 31.3 Å². The number of para-hydroxylation sites is 1. The molecule has 0 aliphatic rings. The quantitative estimate of drug-likeness (QED) is 0.779. The van der Waals surface area contributed by atoms with Crippen LogP contribution in [-0.2, 0) is 9.53 Å². The Bertz CT molecular complexity index is 490. The van der Waals surface area contributed by atoms with Crippen molar-refractivity contribution in [3.05, 3.63) is 29.8 Å². The summed E-state index contributed by atoms with van der Waals surface area (Å²) in [6, 6.07) is 6.89. The van der Waals surface area contributed by atoms with E-state index in [1.165, 1.54) is 18.9 Å². The smallest absolute Gasteiger partial charge is 0.253 e. The predicted octanol–water partition coefficient (Wildman–Crippen LogP) is 0.796. The van der Waals surface area contributed by atoms with Gasteiger partial charge in [0.2, 0.25) is 5.91 Å². The Labute approximate surface area is 124 Å². The lowest BCUT2D eigenvalue weighted by atomic mass is 10.1. The van der Waals surface area contributed by atoms with Gasteiger partial charge in [-0.25, -0.2) is 0 Å². The second-order valence-electron chi connectivity index (χ2n) is 4.75. The Kier molecular flexibility index (Phi) is 6.84. The summed E-state index contributed by atoms with van der Waals surface area (Å²) < 4.78 is 4.82. The van der Waals surface area contributed by atoms with Crippen LogP contribution in [-0.4, -0.2) is 50.3 Å². The fraction of sp³-hybridized carbons (Fsp3) is 0.467. The number of aliphatic hydroxyl groups excluding tert-OH is 1. The van der Waals surface area contributed by atoms with Gasteiger partial charge in [-0.2, -0.15) is 0 Å². The molecule has 116 valence electrons. The van der Waals surface area contributed by atoms with E-state index in [0.29, 0.717) is 24.2 Å². The maximum absolute atomic E-state index is 12.2. The molecular formula is C15H22N2O4. The monoisotopic (exact) mass is 294 g/mol. The van der Waals surface area contributed by atoms with Gasteiger partial charge in [0.05, 0.1) is 24.0 Å². The zero-order valence-electron chi connectivity index (χ0n) is 12.6. The van der Waals surface area contributed by atoms with Crippen molar-refractivity contribution in [2.75, 3.05) is 32.2 Å². The Balaban J connectivity index is 2.68. The van der Waals surface area contributed by atoms with Gasteiger partial charge in [0.25, 0.3) is 5.91 Å². The third-order valence-corrected chi connectivity index (χ3v) is 3.10. The standard InChI is InChI=1S/C15H22N2O4/c1-11(18)17(2)14-7-5-4-6-13(14)15(20)16-9-8-12(19)10-21-3/h4-7,12,19H,8-10H2,1-3H3,(H,16,20). The van der Waals surface area contributed by atoms with Crippen molar-refractivity contribution < 1.29 is 19.4 Å². The van der Waals surface area contributed by atoms with Crippen molar-refractivity contribution in [3.63, 3.8) is 0 Å². The number of benzene rings is 1. The van der Waals surface area contributed by atoms with Crippen molar-refractivity contribution in [2.45, 2.75) is 19.4 Å². The number of amides is 2. The lowest BCUT2D eigenvalue weighted by Gasteiger charge is -2.19. The lowest BCUT2D eigenvalue weighted by molar-refractivity contribution is -0.116. The maximum Gasteiger partial charge on any atom is 0.253 e. The summed E-state index contributed by atoms with van der Waals surface area (Å²) >= 11 is 0. The van der Waals surface area contributed by atoms with Crippen molar-refractivity contribution in [2.24, 2.45) is 0 Å². The summed E-state index contributed by atoms with van der Waals surface area (Å²) in [6.45, 7) is 2.01. The number of rotatable bonds is 7. The molecule has 1 unspecified atom stereocenters. The summed E-state index contributed by atoms with van der Waals surface area (Å²) in [4.78, 5) is 25.0. The zero-order chi connectivity index (χ0) is 15.8. The van der Waals surface area contributed by atoms with Crippen LogP contribution in [0.2, 0.25) is 0 Å². The highest BCUT2D eigenvalue weighted by molar-refractivity contribution is 6.04. The van der Waals surface area contributed by atoms with Gasteiger partial charge in [0.1, 0.15) is 0 Å². The normalized spacial score (nSPS) is 11.8.